The van der Waals surface area contributed by atoms with Gasteiger partial charge in [-0.15, -0.1) is 0 Å². The Morgan fingerprint density at radius 2 is 1.25 bits per heavy atom. The lowest BCUT2D eigenvalue weighted by Crippen LogP contribution is -2.81. The van der Waals surface area contributed by atoms with Gasteiger partial charge in [-0.2, -0.15) is 0 Å². The van der Waals surface area contributed by atoms with Gasteiger partial charge in [0.1, 0.15) is 8.24 Å². The Labute approximate surface area is 130 Å². The van der Waals surface area contributed by atoms with Gasteiger partial charge in [-0.05, 0) is 37.5 Å². The maximum absolute atomic E-state index is 4.00. The van der Waals surface area contributed by atoms with Gasteiger partial charge in [-0.25, -0.2) is 0 Å². The fourth-order valence-electron chi connectivity index (χ4n) is 3.01. The molecule has 0 amide bonds. The van der Waals surface area contributed by atoms with E-state index < -0.39 is 16.8 Å². The second-order valence-corrected chi connectivity index (χ2v) is 17.2. The Morgan fingerprint density at radius 1 is 0.850 bits per heavy atom. The Kier molecular flexibility index (Phi) is 8.21. The Bertz CT molecular complexity index is 261. The van der Waals surface area contributed by atoms with E-state index in [2.05, 4.69) is 75.4 Å². The highest BCUT2D eigenvalue weighted by atomic mass is 28.4. The Hall–Kier alpha value is 0.314. The van der Waals surface area contributed by atoms with Gasteiger partial charge >= 0.3 is 0 Å². The van der Waals surface area contributed by atoms with Gasteiger partial charge in [0.2, 0.25) is 0 Å². The van der Waals surface area contributed by atoms with Crippen LogP contribution in [0.3, 0.4) is 0 Å². The highest BCUT2D eigenvalue weighted by Gasteiger charge is 2.52. The molecule has 0 fully saturated rings. The van der Waals surface area contributed by atoms with Crippen LogP contribution in [0.5, 0.6) is 0 Å². The molecule has 0 aliphatic heterocycles. The lowest BCUT2D eigenvalue weighted by Gasteiger charge is -2.54. The summed E-state index contributed by atoms with van der Waals surface area (Å²) in [5.41, 5.74) is 0. The van der Waals surface area contributed by atoms with Gasteiger partial charge in [-0.1, -0.05) is 61.2 Å². The molecule has 5 heteroatoms. The SMILES string of the molecule is CCCN[Si](NCCC)(N(CC)[Si](C)(C)C)C(C)(C)C. The van der Waals surface area contributed by atoms with Crippen LogP contribution in [0, 0.1) is 0 Å². The van der Waals surface area contributed by atoms with E-state index in [0.29, 0.717) is 0 Å². The van der Waals surface area contributed by atoms with Gasteiger partial charge in [0.15, 0.2) is 0 Å². The van der Waals surface area contributed by atoms with Crippen LogP contribution >= 0.6 is 0 Å². The number of hydrogen-bond donors (Lipinski definition) is 2. The van der Waals surface area contributed by atoms with Gasteiger partial charge in [-0.3, -0.25) is 0 Å². The Balaban J connectivity index is 5.67. The third-order valence-electron chi connectivity index (χ3n) is 3.88. The molecule has 0 aliphatic carbocycles. The molecular weight excluding hydrogens is 278 g/mol. The summed E-state index contributed by atoms with van der Waals surface area (Å²) < 4.78 is 2.85. The minimum atomic E-state index is -1.91. The van der Waals surface area contributed by atoms with E-state index >= 15 is 0 Å². The van der Waals surface area contributed by atoms with Crippen molar-refractivity contribution in [3.63, 3.8) is 0 Å². The number of rotatable bonds is 9. The summed E-state index contributed by atoms with van der Waals surface area (Å²) in [6.45, 7) is 24.9. The van der Waals surface area contributed by atoms with Crippen LogP contribution in [0.4, 0.5) is 0 Å². The Morgan fingerprint density at radius 3 is 1.45 bits per heavy atom. The normalized spacial score (nSPS) is 14.1. The molecule has 3 nitrogen and oxygen atoms in total. The molecule has 0 radical (unpaired) electrons. The molecule has 0 unspecified atom stereocenters. The van der Waals surface area contributed by atoms with Gasteiger partial charge < -0.3 is 14.2 Å². The van der Waals surface area contributed by atoms with E-state index in [1.807, 2.05) is 0 Å². The monoisotopic (exact) mass is 317 g/mol. The van der Waals surface area contributed by atoms with Crippen molar-refractivity contribution in [2.24, 2.45) is 0 Å². The summed E-state index contributed by atoms with van der Waals surface area (Å²) in [7, 11) is -3.27. The van der Waals surface area contributed by atoms with Crippen molar-refractivity contribution in [1.82, 2.24) is 14.2 Å². The van der Waals surface area contributed by atoms with Crippen molar-refractivity contribution < 1.29 is 0 Å². The highest BCUT2D eigenvalue weighted by Crippen LogP contribution is 2.37. The van der Waals surface area contributed by atoms with E-state index in [4.69, 9.17) is 0 Å². The van der Waals surface area contributed by atoms with Crippen LogP contribution in [-0.2, 0) is 0 Å². The van der Waals surface area contributed by atoms with Gasteiger partial charge in [0.25, 0.3) is 8.56 Å². The largest absolute Gasteiger partial charge is 0.321 e. The molecule has 0 aromatic carbocycles. The van der Waals surface area contributed by atoms with Crippen LogP contribution < -0.4 is 9.96 Å². The summed E-state index contributed by atoms with van der Waals surface area (Å²) in [5.74, 6) is 0. The smallest absolute Gasteiger partial charge is 0.282 e. The molecule has 0 saturated carbocycles. The fraction of sp³-hybridized carbons (Fsp3) is 1.00. The van der Waals surface area contributed by atoms with Crippen molar-refractivity contribution in [1.29, 1.82) is 0 Å². The molecule has 122 valence electrons. The van der Waals surface area contributed by atoms with Crippen molar-refractivity contribution in [3.05, 3.63) is 0 Å². The predicted molar refractivity (Wildman–Crippen MR) is 97.8 cm³/mol. The van der Waals surface area contributed by atoms with Gasteiger partial charge in [0.05, 0.1) is 0 Å². The van der Waals surface area contributed by atoms with E-state index in [-0.39, 0.29) is 5.04 Å². The molecule has 0 heterocycles. The van der Waals surface area contributed by atoms with Crippen LogP contribution in [-0.4, -0.2) is 40.7 Å². The first-order valence-corrected chi connectivity index (χ1v) is 13.7. The molecule has 0 spiro atoms. The average molecular weight is 318 g/mol. The molecule has 0 aromatic rings. The topological polar surface area (TPSA) is 27.3 Å². The van der Waals surface area contributed by atoms with Crippen molar-refractivity contribution in [2.45, 2.75) is 79.1 Å². The van der Waals surface area contributed by atoms with Crippen molar-refractivity contribution in [2.75, 3.05) is 19.6 Å². The molecule has 0 atom stereocenters. The first-order valence-electron chi connectivity index (χ1n) is 8.34. The molecular formula is C15H39N3Si2. The summed E-state index contributed by atoms with van der Waals surface area (Å²) in [4.78, 5) is 8.01. The van der Waals surface area contributed by atoms with Crippen LogP contribution in [0.25, 0.3) is 0 Å². The standard InChI is InChI=1S/C15H39N3Si2/c1-10-13-16-20(15(4,5)6,17-14-11-2)18(12-3)19(7,8)9/h16-17H,10-14H2,1-9H3. The number of nitrogens with one attached hydrogen (secondary N) is 2. The quantitative estimate of drug-likeness (QED) is 0.632. The van der Waals surface area contributed by atoms with E-state index in [1.54, 1.807) is 0 Å². The highest BCUT2D eigenvalue weighted by molar-refractivity contribution is 6.90. The van der Waals surface area contributed by atoms with E-state index in [9.17, 15) is 0 Å². The predicted octanol–water partition coefficient (Wildman–Crippen LogP) is 3.88. The molecule has 0 rings (SSSR count). The molecule has 0 aromatic heterocycles. The van der Waals surface area contributed by atoms with Crippen LogP contribution in [0.2, 0.25) is 24.7 Å². The molecule has 0 bridgehead atoms. The zero-order chi connectivity index (χ0) is 16.0. The third kappa shape index (κ3) is 4.95. The second-order valence-electron chi connectivity index (χ2n) is 7.73. The zero-order valence-corrected chi connectivity index (χ0v) is 17.5. The van der Waals surface area contributed by atoms with E-state index in [1.165, 1.54) is 12.8 Å². The van der Waals surface area contributed by atoms with Crippen molar-refractivity contribution >= 4 is 16.8 Å². The van der Waals surface area contributed by atoms with Crippen LogP contribution in [0.1, 0.15) is 54.4 Å². The second kappa shape index (κ2) is 8.08. The van der Waals surface area contributed by atoms with Crippen LogP contribution in [0.15, 0.2) is 0 Å². The zero-order valence-electron chi connectivity index (χ0n) is 15.5. The summed E-state index contributed by atoms with van der Waals surface area (Å²) in [6, 6.07) is 0. The molecule has 20 heavy (non-hydrogen) atoms. The first kappa shape index (κ1) is 20.3. The minimum absolute atomic E-state index is 0.271. The summed E-state index contributed by atoms with van der Waals surface area (Å²) in [5, 5.41) is 0.271. The van der Waals surface area contributed by atoms with Gasteiger partial charge in [0, 0.05) is 0 Å². The molecule has 2 N–H and O–H groups in total. The number of hydrogen-bond acceptors (Lipinski definition) is 3. The maximum atomic E-state index is 4.00. The minimum Gasteiger partial charge on any atom is -0.321 e. The number of nitrogens with zero attached hydrogens (tertiary/aromatic N) is 1. The first-order chi connectivity index (χ1) is 9.06. The molecule has 0 saturated heterocycles. The molecule has 0 aliphatic rings. The lowest BCUT2D eigenvalue weighted by molar-refractivity contribution is 0.497. The third-order valence-corrected chi connectivity index (χ3v) is 13.7. The lowest BCUT2D eigenvalue weighted by atomic mass is 10.2. The summed E-state index contributed by atoms with van der Waals surface area (Å²) >= 11 is 0. The summed E-state index contributed by atoms with van der Waals surface area (Å²) in [6.07, 6.45) is 2.39. The van der Waals surface area contributed by atoms with Crippen molar-refractivity contribution in [3.8, 4) is 0 Å². The maximum Gasteiger partial charge on any atom is 0.282 e. The fourth-order valence-corrected chi connectivity index (χ4v) is 13.5. The average Bonchev–Trinajstić information content (AvgIpc) is 2.29. The van der Waals surface area contributed by atoms with E-state index in [0.717, 1.165) is 19.6 Å².